The molecular weight excluding hydrogens is 875 g/mol. The van der Waals surface area contributed by atoms with Crippen LogP contribution in [0.3, 0.4) is 0 Å². The molecule has 0 saturated carbocycles. The van der Waals surface area contributed by atoms with Crippen LogP contribution in [0, 0.1) is 0 Å². The van der Waals surface area contributed by atoms with Crippen molar-refractivity contribution in [3.63, 3.8) is 0 Å². The van der Waals surface area contributed by atoms with E-state index in [1.54, 1.807) is 7.11 Å². The van der Waals surface area contributed by atoms with E-state index in [0.717, 1.165) is 33.4 Å². The minimum absolute atomic E-state index is 0.103. The normalized spacial score (nSPS) is 25.7. The van der Waals surface area contributed by atoms with E-state index in [4.69, 9.17) is 47.4 Å². The van der Waals surface area contributed by atoms with E-state index in [9.17, 15) is 5.53 Å². The van der Waals surface area contributed by atoms with Gasteiger partial charge in [-0.2, -0.15) is 0 Å². The Hall–Kier alpha value is -5.77. The van der Waals surface area contributed by atoms with Crippen LogP contribution >= 0.6 is 0 Å². The van der Waals surface area contributed by atoms with E-state index >= 15 is 0 Å². The zero-order valence-corrected chi connectivity index (χ0v) is 39.1. The summed E-state index contributed by atoms with van der Waals surface area (Å²) in [6.45, 7) is 2.99. The molecule has 6 aromatic carbocycles. The molecule has 2 fully saturated rings. The van der Waals surface area contributed by atoms with Gasteiger partial charge in [0.1, 0.15) is 42.7 Å². The largest absolute Gasteiger partial charge is 0.374 e. The highest BCUT2D eigenvalue weighted by atomic mass is 16.8. The lowest BCUT2D eigenvalue weighted by atomic mass is 9.90. The molecule has 13 nitrogen and oxygen atoms in total. The third-order valence-corrected chi connectivity index (χ3v) is 12.2. The first-order valence-electron chi connectivity index (χ1n) is 23.5. The Morgan fingerprint density at radius 1 is 0.493 bits per heavy atom. The maximum atomic E-state index is 10.1. The molecule has 0 N–H and O–H groups in total. The standard InChI is InChI=1S/C56H61N3O10/c1-41-49(62-34-43-23-11-4-12-24-43)52(64-36-45-27-15-6-16-28-45)54(66-38-47-31-19-8-20-32-47)56(68-41,40-58-59-57)69-51-50(63-35-44-25-13-5-14-26-44)48(39-61-33-42-21-9-3-10-22-42)67-55(60-2)53(51)65-37-46-29-17-7-18-30-46/h3-32,41,48-55H,33-40H2,1-2H3/t41-,48+,49+,50+,51-,52+,53+,54-,55-,56-/m0/s1. The van der Waals surface area contributed by atoms with Crippen LogP contribution in [-0.4, -0.2) is 81.2 Å². The zero-order valence-electron chi connectivity index (χ0n) is 39.1. The highest BCUT2D eigenvalue weighted by molar-refractivity contribution is 5.19. The van der Waals surface area contributed by atoms with Crippen molar-refractivity contribution in [3.05, 3.63) is 226 Å². The number of azide groups is 1. The van der Waals surface area contributed by atoms with Crippen LogP contribution in [-0.2, 0) is 87.0 Å². The molecule has 2 aliphatic rings. The fourth-order valence-electron chi connectivity index (χ4n) is 8.80. The summed E-state index contributed by atoms with van der Waals surface area (Å²) in [5.74, 6) is -1.84. The lowest BCUT2D eigenvalue weighted by Gasteiger charge is -2.54. The van der Waals surface area contributed by atoms with Gasteiger partial charge in [0.25, 0.3) is 0 Å². The fourth-order valence-corrected chi connectivity index (χ4v) is 8.80. The molecule has 8 rings (SSSR count). The van der Waals surface area contributed by atoms with Gasteiger partial charge >= 0.3 is 0 Å². The van der Waals surface area contributed by atoms with Crippen molar-refractivity contribution < 1.29 is 47.4 Å². The molecular formula is C56H61N3O10. The Balaban J connectivity index is 1.23. The first kappa shape index (κ1) is 49.6. The van der Waals surface area contributed by atoms with E-state index in [1.165, 1.54) is 0 Å². The van der Waals surface area contributed by atoms with Gasteiger partial charge < -0.3 is 47.4 Å². The average molecular weight is 936 g/mol. The summed E-state index contributed by atoms with van der Waals surface area (Å²) >= 11 is 0. The number of hydrogen-bond acceptors (Lipinski definition) is 11. The van der Waals surface area contributed by atoms with Crippen molar-refractivity contribution in [2.24, 2.45) is 5.11 Å². The van der Waals surface area contributed by atoms with E-state index in [1.807, 2.05) is 189 Å². The number of rotatable bonds is 24. The minimum atomic E-state index is -1.84. The summed E-state index contributed by atoms with van der Waals surface area (Å²) in [7, 11) is 1.57. The molecule has 10 atom stereocenters. The second kappa shape index (κ2) is 25.7. The topological polar surface area (TPSA) is 141 Å². The molecule has 13 heteroatoms. The number of methoxy groups -OCH3 is 1. The molecule has 2 heterocycles. The molecule has 2 aliphatic heterocycles. The van der Waals surface area contributed by atoms with Gasteiger partial charge in [0, 0.05) is 12.0 Å². The number of ether oxygens (including phenoxy) is 10. The molecule has 0 unspecified atom stereocenters. The van der Waals surface area contributed by atoms with E-state index in [2.05, 4.69) is 10.0 Å². The molecule has 0 aromatic heterocycles. The van der Waals surface area contributed by atoms with Crippen molar-refractivity contribution >= 4 is 0 Å². The number of benzene rings is 6. The van der Waals surface area contributed by atoms with Crippen molar-refractivity contribution in [2.45, 2.75) is 107 Å². The smallest absolute Gasteiger partial charge is 0.203 e. The summed E-state index contributed by atoms with van der Waals surface area (Å²) in [5, 5.41) is 4.21. The van der Waals surface area contributed by atoms with Crippen molar-refractivity contribution in [1.82, 2.24) is 0 Å². The SMILES string of the molecule is CO[C@H]1O[C@H](COCc2ccccc2)[C@@H](OCc2ccccc2)[C@H](O[C@]2(CN=[N+]=[N-])O[C@@H](C)[C@@H](OCc3ccccc3)[C@@H](OCc3ccccc3)[C@@H]2OCc2ccccc2)[C@H]1OCc1ccccc1. The van der Waals surface area contributed by atoms with Crippen LogP contribution in [0.5, 0.6) is 0 Å². The molecule has 0 amide bonds. The first-order valence-corrected chi connectivity index (χ1v) is 23.5. The van der Waals surface area contributed by atoms with Crippen LogP contribution in [0.1, 0.15) is 40.3 Å². The second-order valence-corrected chi connectivity index (χ2v) is 17.1. The Bertz CT molecular complexity index is 2420. The van der Waals surface area contributed by atoms with Crippen LogP contribution in [0.15, 0.2) is 187 Å². The monoisotopic (exact) mass is 935 g/mol. The molecule has 0 spiro atoms. The maximum Gasteiger partial charge on any atom is 0.203 e. The third kappa shape index (κ3) is 13.7. The highest BCUT2D eigenvalue weighted by Crippen LogP contribution is 2.42. The fraction of sp³-hybridized carbons (Fsp3) is 0.357. The van der Waals surface area contributed by atoms with E-state index < -0.39 is 60.9 Å². The zero-order chi connectivity index (χ0) is 47.5. The van der Waals surface area contributed by atoms with Gasteiger partial charge in [-0.15, -0.1) is 0 Å². The predicted molar refractivity (Wildman–Crippen MR) is 259 cm³/mol. The third-order valence-electron chi connectivity index (χ3n) is 12.2. The van der Waals surface area contributed by atoms with Crippen LogP contribution in [0.2, 0.25) is 0 Å². The minimum Gasteiger partial charge on any atom is -0.374 e. The molecule has 0 bridgehead atoms. The van der Waals surface area contributed by atoms with Crippen LogP contribution in [0.25, 0.3) is 10.4 Å². The second-order valence-electron chi connectivity index (χ2n) is 17.1. The summed E-state index contributed by atoms with van der Waals surface area (Å²) in [6, 6.07) is 59.3. The molecule has 69 heavy (non-hydrogen) atoms. The molecule has 0 aliphatic carbocycles. The lowest BCUT2D eigenvalue weighted by molar-refractivity contribution is -0.412. The lowest BCUT2D eigenvalue weighted by Crippen LogP contribution is -2.71. The highest BCUT2D eigenvalue weighted by Gasteiger charge is 2.60. The van der Waals surface area contributed by atoms with Gasteiger partial charge in [0.05, 0.1) is 58.9 Å². The summed E-state index contributed by atoms with van der Waals surface area (Å²) in [4.78, 5) is 3.27. The molecule has 0 radical (unpaired) electrons. The van der Waals surface area contributed by atoms with Gasteiger partial charge in [-0.05, 0) is 45.8 Å². The quantitative estimate of drug-likeness (QED) is 0.0327. The molecule has 360 valence electrons. The first-order chi connectivity index (χ1) is 34.0. The van der Waals surface area contributed by atoms with Crippen LogP contribution in [0.4, 0.5) is 0 Å². The van der Waals surface area contributed by atoms with Gasteiger partial charge in [-0.1, -0.05) is 187 Å². The Kier molecular flexibility index (Phi) is 18.5. The number of hydrogen-bond donors (Lipinski definition) is 0. The van der Waals surface area contributed by atoms with Gasteiger partial charge in [-0.3, -0.25) is 0 Å². The summed E-state index contributed by atoms with van der Waals surface area (Å²) in [6.07, 6.45) is -7.87. The van der Waals surface area contributed by atoms with Gasteiger partial charge in [0.15, 0.2) is 6.29 Å². The Labute approximate surface area is 404 Å². The van der Waals surface area contributed by atoms with Crippen molar-refractivity contribution in [2.75, 3.05) is 20.3 Å². The molecule has 6 aromatic rings. The van der Waals surface area contributed by atoms with Crippen molar-refractivity contribution in [1.29, 1.82) is 0 Å². The van der Waals surface area contributed by atoms with Crippen LogP contribution < -0.4 is 0 Å². The number of nitrogens with zero attached hydrogens (tertiary/aromatic N) is 3. The maximum absolute atomic E-state index is 10.1. The Morgan fingerprint density at radius 2 is 0.884 bits per heavy atom. The van der Waals surface area contributed by atoms with Gasteiger partial charge in [0.2, 0.25) is 5.79 Å². The van der Waals surface area contributed by atoms with Gasteiger partial charge in [-0.25, -0.2) is 0 Å². The predicted octanol–water partition coefficient (Wildman–Crippen LogP) is 10.3. The van der Waals surface area contributed by atoms with E-state index in [-0.39, 0.29) is 46.2 Å². The van der Waals surface area contributed by atoms with E-state index in [0.29, 0.717) is 6.61 Å². The van der Waals surface area contributed by atoms with Crippen molar-refractivity contribution in [3.8, 4) is 0 Å². The Morgan fingerprint density at radius 3 is 1.32 bits per heavy atom. The summed E-state index contributed by atoms with van der Waals surface area (Å²) < 4.78 is 68.9. The average Bonchev–Trinajstić information content (AvgIpc) is 3.40. The molecule has 2 saturated heterocycles. The summed E-state index contributed by atoms with van der Waals surface area (Å²) in [5.41, 5.74) is 15.8.